The van der Waals surface area contributed by atoms with Gasteiger partial charge in [-0.2, -0.15) is 0 Å². The van der Waals surface area contributed by atoms with Gasteiger partial charge in [0.15, 0.2) is 11.6 Å². The third-order valence-corrected chi connectivity index (χ3v) is 16.1. The van der Waals surface area contributed by atoms with Crippen LogP contribution in [0.2, 0.25) is 0 Å². The highest BCUT2D eigenvalue weighted by molar-refractivity contribution is 6.01. The Balaban J connectivity index is 0.836. The summed E-state index contributed by atoms with van der Waals surface area (Å²) in [6.07, 6.45) is 7.02. The van der Waals surface area contributed by atoms with E-state index in [4.69, 9.17) is 15.7 Å². The van der Waals surface area contributed by atoms with Crippen molar-refractivity contribution in [3.63, 3.8) is 0 Å². The molecule has 18 heteroatoms. The Morgan fingerprint density at radius 3 is 2.39 bits per heavy atom. The van der Waals surface area contributed by atoms with Crippen LogP contribution in [0.25, 0.3) is 0 Å². The van der Waals surface area contributed by atoms with Crippen molar-refractivity contribution in [3.8, 4) is 0 Å². The molecule has 8 rings (SSSR count). The molecule has 3 aromatic carbocycles. The van der Waals surface area contributed by atoms with Crippen LogP contribution in [-0.4, -0.2) is 102 Å². The van der Waals surface area contributed by atoms with Crippen LogP contribution >= 0.6 is 0 Å². The monoisotopic (exact) mass is 974 g/mol. The number of carbonyl (C=O) groups is 7. The highest BCUT2D eigenvalue weighted by Crippen LogP contribution is 2.72. The van der Waals surface area contributed by atoms with Crippen LogP contribution in [0, 0.1) is 39.9 Å². The largest absolute Gasteiger partial charge is 0.481 e. The summed E-state index contributed by atoms with van der Waals surface area (Å²) in [7, 11) is 0. The molecule has 9 N–H and O–H groups in total. The molecule has 0 unspecified atom stereocenters. The number of hydrogen-bond donors (Lipinski definition) is 8. The highest BCUT2D eigenvalue weighted by Gasteiger charge is 2.73. The standard InChI is InChI=1S/C53H62N6O12/c1-51-19-18-39(61)22-34(51)10-15-40-41-23-35-26-59(30-53(35,44(63)27-60)52(41,2)24-43(62)48(40)51)38-13-8-31(9-14-38)20-33-4-3-5-37(21-33)57-50(69)70-28-32-6-11-36(12-7-32)56-49(68)42(16-17-47(66)67)58-45(64)25-55-46(65)29-71-54/h3-9,11-14,18-19,21-22,35,40-43,48,60,62H,10,15-17,20,23-30,54H2,1-2H3,(H,55,65)(H,56,68)(H,57,69)(H,58,64)(H,66,67)/t35-,40-,41-,42-,43-,48+,51-,52-,53+/m0/s1. The van der Waals surface area contributed by atoms with Gasteiger partial charge in [-0.1, -0.05) is 61.9 Å². The smallest absolute Gasteiger partial charge is 0.411 e. The number of rotatable bonds is 18. The molecular formula is C53H62N6O12. The first kappa shape index (κ1) is 50.7. The molecule has 3 saturated carbocycles. The molecule has 3 aromatic rings. The Bertz CT molecular complexity index is 2620. The van der Waals surface area contributed by atoms with Gasteiger partial charge in [-0.25, -0.2) is 10.7 Å². The number of nitrogens with zero attached hydrogens (tertiary/aromatic N) is 1. The number of fused-ring (bicyclic) bond motifs is 7. The van der Waals surface area contributed by atoms with Crippen molar-refractivity contribution < 1.29 is 58.5 Å². The third kappa shape index (κ3) is 10.4. The quantitative estimate of drug-likeness (QED) is 0.0831. The molecule has 0 aromatic heterocycles. The maximum absolute atomic E-state index is 14.2. The predicted octanol–water partition coefficient (Wildman–Crippen LogP) is 4.19. The summed E-state index contributed by atoms with van der Waals surface area (Å²) in [4.78, 5) is 93.9. The third-order valence-electron chi connectivity index (χ3n) is 16.1. The average Bonchev–Trinajstić information content (AvgIpc) is 3.84. The van der Waals surface area contributed by atoms with Gasteiger partial charge >= 0.3 is 12.1 Å². The number of carboxylic acids is 1. The van der Waals surface area contributed by atoms with Gasteiger partial charge in [-0.05, 0) is 127 Å². The van der Waals surface area contributed by atoms with E-state index in [9.17, 15) is 43.8 Å². The van der Waals surface area contributed by atoms with Crippen molar-refractivity contribution >= 4 is 58.4 Å². The zero-order valence-corrected chi connectivity index (χ0v) is 39.9. The van der Waals surface area contributed by atoms with Crippen LogP contribution in [0.5, 0.6) is 0 Å². The minimum absolute atomic E-state index is 0.00197. The van der Waals surface area contributed by atoms with Crippen molar-refractivity contribution in [1.29, 1.82) is 0 Å². The molecule has 18 nitrogen and oxygen atoms in total. The number of hydrogen-bond acceptors (Lipinski definition) is 13. The number of nitrogens with one attached hydrogen (secondary N) is 4. The summed E-state index contributed by atoms with van der Waals surface area (Å²) in [5.41, 5.74) is 3.85. The predicted molar refractivity (Wildman–Crippen MR) is 260 cm³/mol. The lowest BCUT2D eigenvalue weighted by atomic mass is 9.44. The summed E-state index contributed by atoms with van der Waals surface area (Å²) >= 11 is 0. The number of benzene rings is 3. The number of aliphatic hydroxyl groups is 2. The number of carbonyl (C=O) groups excluding carboxylic acids is 6. The van der Waals surface area contributed by atoms with Crippen LogP contribution in [0.1, 0.15) is 69.1 Å². The summed E-state index contributed by atoms with van der Waals surface area (Å²) in [6, 6.07) is 20.9. The second kappa shape index (κ2) is 20.9. The van der Waals surface area contributed by atoms with E-state index in [1.165, 1.54) is 0 Å². The van der Waals surface area contributed by atoms with E-state index in [0.717, 1.165) is 41.6 Å². The molecule has 1 aliphatic heterocycles. The molecule has 4 aliphatic carbocycles. The molecule has 0 bridgehead atoms. The number of nitrogens with two attached hydrogens (primary N) is 1. The Morgan fingerprint density at radius 2 is 1.68 bits per heavy atom. The van der Waals surface area contributed by atoms with Gasteiger partial charge in [0.1, 0.15) is 25.9 Å². The number of ketones is 2. The molecule has 4 amide bonds. The van der Waals surface area contributed by atoms with Gasteiger partial charge < -0.3 is 40.9 Å². The highest BCUT2D eigenvalue weighted by atomic mass is 16.6. The van der Waals surface area contributed by atoms with Gasteiger partial charge in [0, 0.05) is 47.9 Å². The fourth-order valence-corrected chi connectivity index (χ4v) is 12.9. The molecular weight excluding hydrogens is 913 g/mol. The summed E-state index contributed by atoms with van der Waals surface area (Å²) in [6.45, 7) is 3.90. The van der Waals surface area contributed by atoms with Gasteiger partial charge in [-0.3, -0.25) is 38.9 Å². The van der Waals surface area contributed by atoms with Crippen molar-refractivity contribution in [2.24, 2.45) is 45.8 Å². The maximum atomic E-state index is 14.2. The second-order valence-electron chi connectivity index (χ2n) is 20.1. The number of aliphatic carboxylic acids is 1. The first-order valence-corrected chi connectivity index (χ1v) is 24.1. The lowest BCUT2D eigenvalue weighted by molar-refractivity contribution is -0.157. The van der Waals surface area contributed by atoms with E-state index >= 15 is 0 Å². The van der Waals surface area contributed by atoms with Crippen molar-refractivity contribution in [1.82, 2.24) is 10.6 Å². The number of ether oxygens (including phenoxy) is 1. The summed E-state index contributed by atoms with van der Waals surface area (Å²) < 4.78 is 5.46. The minimum Gasteiger partial charge on any atom is -0.481 e. The molecule has 9 atom stereocenters. The maximum Gasteiger partial charge on any atom is 0.411 e. The first-order valence-electron chi connectivity index (χ1n) is 24.1. The Kier molecular flexibility index (Phi) is 14.9. The zero-order valence-electron chi connectivity index (χ0n) is 39.9. The van der Waals surface area contributed by atoms with Crippen LogP contribution in [0.3, 0.4) is 0 Å². The topological polar surface area (TPSA) is 276 Å². The number of allylic oxidation sites excluding steroid dienone is 4. The SMILES string of the molecule is C[C@]12C=CC(=O)C=C1CC[C@@H]1[C@@H]2[C@@H](O)C[C@@]2(C)[C@H]1C[C@H]1CN(c3ccc(Cc4cccc(NC(=O)OCc5ccc(NC(=O)[C@H](CCC(=O)O)NC(=O)CNC(=O)CON)cc5)c4)cc3)C[C@]12C(=O)CO. The van der Waals surface area contributed by atoms with E-state index in [-0.39, 0.29) is 48.3 Å². The lowest BCUT2D eigenvalue weighted by Gasteiger charge is -2.60. The second-order valence-corrected chi connectivity index (χ2v) is 20.1. The number of aliphatic hydroxyl groups excluding tert-OH is 2. The fraction of sp³-hybridized carbons (Fsp3) is 0.453. The van der Waals surface area contributed by atoms with Crippen molar-refractivity contribution in [2.45, 2.75) is 77.5 Å². The van der Waals surface area contributed by atoms with Gasteiger partial charge in [-0.15, -0.1) is 0 Å². The van der Waals surface area contributed by atoms with E-state index in [1.807, 2.05) is 24.3 Å². The van der Waals surface area contributed by atoms with Crippen molar-refractivity contribution in [3.05, 3.63) is 113 Å². The number of amides is 4. The molecule has 0 spiro atoms. The summed E-state index contributed by atoms with van der Waals surface area (Å²) in [5.74, 6) is 1.86. The molecule has 376 valence electrons. The van der Waals surface area contributed by atoms with Crippen LogP contribution in [-0.2, 0) is 51.4 Å². The van der Waals surface area contributed by atoms with Crippen LogP contribution < -0.4 is 32.1 Å². The van der Waals surface area contributed by atoms with E-state index in [0.29, 0.717) is 42.9 Å². The normalized spacial score (nSPS) is 27.5. The van der Waals surface area contributed by atoms with Gasteiger partial charge in [0.05, 0.1) is 18.1 Å². The average molecular weight is 975 g/mol. The van der Waals surface area contributed by atoms with Gasteiger partial charge in [0.2, 0.25) is 17.7 Å². The number of anilines is 3. The lowest BCUT2D eigenvalue weighted by Crippen LogP contribution is -2.60. The van der Waals surface area contributed by atoms with E-state index in [1.54, 1.807) is 42.5 Å². The molecule has 5 aliphatic rings. The Hall–Kier alpha value is -6.73. The minimum atomic E-state index is -1.22. The Morgan fingerprint density at radius 1 is 0.930 bits per heavy atom. The van der Waals surface area contributed by atoms with Crippen molar-refractivity contribution in [2.75, 3.05) is 48.4 Å². The fourth-order valence-electron chi connectivity index (χ4n) is 12.9. The van der Waals surface area contributed by atoms with E-state index in [2.05, 4.69) is 69.1 Å². The molecule has 1 heterocycles. The van der Waals surface area contributed by atoms with Crippen LogP contribution in [0.4, 0.5) is 21.9 Å². The zero-order chi connectivity index (χ0) is 50.7. The molecule has 4 fully saturated rings. The first-order chi connectivity index (χ1) is 34.0. The molecule has 71 heavy (non-hydrogen) atoms. The van der Waals surface area contributed by atoms with Crippen LogP contribution in [0.15, 0.2) is 96.6 Å². The van der Waals surface area contributed by atoms with Gasteiger partial charge in [0.25, 0.3) is 0 Å². The molecule has 1 saturated heterocycles. The van der Waals surface area contributed by atoms with E-state index < -0.39 is 84.4 Å². The summed E-state index contributed by atoms with van der Waals surface area (Å²) in [5, 5.41) is 41.8. The number of Topliss-reactive ketones (excluding diaryl/α,β-unsaturated/α-hetero) is 1. The number of carboxylic acid groups (broad SMARTS) is 1. The Labute approximate surface area is 411 Å². The molecule has 0 radical (unpaired) electrons.